The molecule has 0 amide bonds. The van der Waals surface area contributed by atoms with Crippen LogP contribution in [0.15, 0.2) is 0 Å². The van der Waals surface area contributed by atoms with Gasteiger partial charge in [0.25, 0.3) is 10.2 Å². The SMILES string of the molecule is CCNS(=O)(=O)NC(CC)(CO)CO. The van der Waals surface area contributed by atoms with E-state index in [1.165, 1.54) is 0 Å². The van der Waals surface area contributed by atoms with Crippen molar-refractivity contribution >= 4 is 10.2 Å². The monoisotopic (exact) mass is 226 g/mol. The predicted molar refractivity (Wildman–Crippen MR) is 52.9 cm³/mol. The summed E-state index contributed by atoms with van der Waals surface area (Å²) in [5.41, 5.74) is -1.18. The third kappa shape index (κ3) is 3.89. The molecule has 0 aromatic rings. The Hall–Kier alpha value is -0.210. The van der Waals surface area contributed by atoms with Gasteiger partial charge in [-0.15, -0.1) is 0 Å². The molecule has 0 spiro atoms. The fourth-order valence-corrected chi connectivity index (χ4v) is 2.22. The molecule has 0 radical (unpaired) electrons. The molecular formula is C7H18N2O4S. The van der Waals surface area contributed by atoms with Crippen LogP contribution in [0.25, 0.3) is 0 Å². The first-order valence-electron chi connectivity index (χ1n) is 4.45. The van der Waals surface area contributed by atoms with Gasteiger partial charge in [0, 0.05) is 6.54 Å². The maximum atomic E-state index is 11.3. The van der Waals surface area contributed by atoms with Crippen LogP contribution in [0.1, 0.15) is 20.3 Å². The van der Waals surface area contributed by atoms with Crippen LogP contribution < -0.4 is 9.44 Å². The summed E-state index contributed by atoms with van der Waals surface area (Å²) in [7, 11) is -3.65. The number of nitrogens with one attached hydrogen (secondary N) is 2. The van der Waals surface area contributed by atoms with E-state index in [4.69, 9.17) is 10.2 Å². The number of aliphatic hydroxyl groups is 2. The van der Waals surface area contributed by atoms with Gasteiger partial charge in [-0.3, -0.25) is 0 Å². The van der Waals surface area contributed by atoms with Crippen LogP contribution in [0.3, 0.4) is 0 Å². The molecule has 14 heavy (non-hydrogen) atoms. The summed E-state index contributed by atoms with van der Waals surface area (Å²) >= 11 is 0. The maximum Gasteiger partial charge on any atom is 0.277 e. The van der Waals surface area contributed by atoms with Crippen molar-refractivity contribution in [2.45, 2.75) is 25.8 Å². The van der Waals surface area contributed by atoms with Crippen LogP contribution in [0.4, 0.5) is 0 Å². The van der Waals surface area contributed by atoms with E-state index in [2.05, 4.69) is 9.44 Å². The van der Waals surface area contributed by atoms with Crippen molar-refractivity contribution < 1.29 is 18.6 Å². The van der Waals surface area contributed by atoms with Crippen molar-refractivity contribution in [3.05, 3.63) is 0 Å². The van der Waals surface area contributed by atoms with Crippen LogP contribution in [-0.2, 0) is 10.2 Å². The molecule has 0 saturated carbocycles. The quantitative estimate of drug-likeness (QED) is 0.427. The third-order valence-corrected chi connectivity index (χ3v) is 3.34. The summed E-state index contributed by atoms with van der Waals surface area (Å²) in [4.78, 5) is 0. The molecule has 86 valence electrons. The van der Waals surface area contributed by atoms with Crippen LogP contribution in [0.5, 0.6) is 0 Å². The van der Waals surface area contributed by atoms with Gasteiger partial charge in [0.2, 0.25) is 0 Å². The molecule has 0 bridgehead atoms. The van der Waals surface area contributed by atoms with E-state index in [0.29, 0.717) is 6.42 Å². The van der Waals surface area contributed by atoms with Gasteiger partial charge in [0.05, 0.1) is 18.8 Å². The summed E-state index contributed by atoms with van der Waals surface area (Å²) in [6.07, 6.45) is 0.310. The molecule has 0 rings (SSSR count). The highest BCUT2D eigenvalue weighted by atomic mass is 32.2. The zero-order chi connectivity index (χ0) is 11.2. The first kappa shape index (κ1) is 13.8. The largest absolute Gasteiger partial charge is 0.394 e. The molecular weight excluding hydrogens is 208 g/mol. The summed E-state index contributed by atoms with van der Waals surface area (Å²) < 4.78 is 27.0. The summed E-state index contributed by atoms with van der Waals surface area (Å²) in [6, 6.07) is 0. The minimum absolute atomic E-state index is 0.256. The van der Waals surface area contributed by atoms with E-state index in [9.17, 15) is 8.42 Å². The van der Waals surface area contributed by atoms with Crippen molar-refractivity contribution in [2.75, 3.05) is 19.8 Å². The van der Waals surface area contributed by atoms with E-state index in [1.807, 2.05) is 0 Å². The van der Waals surface area contributed by atoms with E-state index in [-0.39, 0.29) is 6.54 Å². The van der Waals surface area contributed by atoms with Crippen molar-refractivity contribution in [2.24, 2.45) is 0 Å². The lowest BCUT2D eigenvalue weighted by molar-refractivity contribution is 0.105. The highest BCUT2D eigenvalue weighted by molar-refractivity contribution is 7.87. The molecule has 0 aliphatic carbocycles. The summed E-state index contributed by atoms with van der Waals surface area (Å²) in [5, 5.41) is 18.0. The van der Waals surface area contributed by atoms with Crippen molar-refractivity contribution in [1.82, 2.24) is 9.44 Å². The minimum Gasteiger partial charge on any atom is -0.394 e. The van der Waals surface area contributed by atoms with Crippen LogP contribution in [-0.4, -0.2) is 43.9 Å². The maximum absolute atomic E-state index is 11.3. The average molecular weight is 226 g/mol. The van der Waals surface area contributed by atoms with Gasteiger partial charge in [-0.05, 0) is 6.42 Å². The predicted octanol–water partition coefficient (Wildman–Crippen LogP) is -1.44. The van der Waals surface area contributed by atoms with Crippen LogP contribution >= 0.6 is 0 Å². The first-order chi connectivity index (χ1) is 6.45. The smallest absolute Gasteiger partial charge is 0.277 e. The second-order valence-electron chi connectivity index (χ2n) is 3.05. The standard InChI is InChI=1S/C7H18N2O4S/c1-3-7(5-10,6-11)9-14(12,13)8-4-2/h8-11H,3-6H2,1-2H3. The normalized spacial score (nSPS) is 13.1. The van der Waals surface area contributed by atoms with Crippen LogP contribution in [0, 0.1) is 0 Å². The van der Waals surface area contributed by atoms with Crippen molar-refractivity contribution in [3.63, 3.8) is 0 Å². The topological polar surface area (TPSA) is 98.7 Å². The van der Waals surface area contributed by atoms with Gasteiger partial charge in [-0.1, -0.05) is 13.8 Å². The fraction of sp³-hybridized carbons (Fsp3) is 1.00. The Labute approximate surface area is 84.5 Å². The Morgan fingerprint density at radius 3 is 2.00 bits per heavy atom. The first-order valence-corrected chi connectivity index (χ1v) is 5.94. The van der Waals surface area contributed by atoms with E-state index in [1.54, 1.807) is 13.8 Å². The highest BCUT2D eigenvalue weighted by Crippen LogP contribution is 2.09. The second-order valence-corrected chi connectivity index (χ2v) is 4.55. The van der Waals surface area contributed by atoms with Gasteiger partial charge < -0.3 is 10.2 Å². The molecule has 0 aromatic heterocycles. The molecule has 0 aliphatic rings. The Morgan fingerprint density at radius 2 is 1.71 bits per heavy atom. The molecule has 0 saturated heterocycles. The number of hydrogen-bond acceptors (Lipinski definition) is 4. The molecule has 0 aromatic carbocycles. The van der Waals surface area contributed by atoms with Gasteiger partial charge in [0.15, 0.2) is 0 Å². The summed E-state index contributed by atoms with van der Waals surface area (Å²) in [5.74, 6) is 0. The third-order valence-electron chi connectivity index (χ3n) is 1.97. The van der Waals surface area contributed by atoms with Crippen molar-refractivity contribution in [1.29, 1.82) is 0 Å². The molecule has 4 N–H and O–H groups in total. The van der Waals surface area contributed by atoms with E-state index in [0.717, 1.165) is 0 Å². The van der Waals surface area contributed by atoms with Gasteiger partial charge >= 0.3 is 0 Å². The molecule has 6 nitrogen and oxygen atoms in total. The Balaban J connectivity index is 4.59. The second kappa shape index (κ2) is 5.62. The Morgan fingerprint density at radius 1 is 1.21 bits per heavy atom. The lowest BCUT2D eigenvalue weighted by Crippen LogP contribution is -2.56. The Bertz CT molecular complexity index is 240. The molecule has 0 aliphatic heterocycles. The average Bonchev–Trinajstić information content (AvgIpc) is 2.14. The Kier molecular flexibility index (Phi) is 5.53. The highest BCUT2D eigenvalue weighted by Gasteiger charge is 2.31. The minimum atomic E-state index is -3.65. The molecule has 0 unspecified atom stereocenters. The van der Waals surface area contributed by atoms with E-state index >= 15 is 0 Å². The summed E-state index contributed by atoms with van der Waals surface area (Å²) in [6.45, 7) is 2.70. The molecule has 0 atom stereocenters. The fourth-order valence-electron chi connectivity index (χ4n) is 0.921. The van der Waals surface area contributed by atoms with E-state index < -0.39 is 29.0 Å². The zero-order valence-corrected chi connectivity index (χ0v) is 9.26. The van der Waals surface area contributed by atoms with Crippen LogP contribution in [0.2, 0.25) is 0 Å². The lowest BCUT2D eigenvalue weighted by atomic mass is 10.0. The molecule has 7 heteroatoms. The van der Waals surface area contributed by atoms with Crippen molar-refractivity contribution in [3.8, 4) is 0 Å². The van der Waals surface area contributed by atoms with Gasteiger partial charge in [0.1, 0.15) is 0 Å². The van der Waals surface area contributed by atoms with Gasteiger partial charge in [-0.2, -0.15) is 13.1 Å². The molecule has 0 heterocycles. The number of hydrogen-bond donors (Lipinski definition) is 4. The molecule has 0 fully saturated rings. The zero-order valence-electron chi connectivity index (χ0n) is 8.45. The number of aliphatic hydroxyl groups excluding tert-OH is 2. The number of rotatable bonds is 7. The lowest BCUT2D eigenvalue weighted by Gasteiger charge is -2.29. The van der Waals surface area contributed by atoms with Gasteiger partial charge in [-0.25, -0.2) is 4.72 Å².